The summed E-state index contributed by atoms with van der Waals surface area (Å²) < 4.78 is 6.58. The second-order valence-corrected chi connectivity index (χ2v) is 7.53. The SMILES string of the molecule is Nc1nc2c(c(=O)[nH]1)N(N=c1ccn(O)c3ccccc13)CN2C1OC(CO)C(O)C1O. The first-order chi connectivity index (χ1) is 15.4. The van der Waals surface area contributed by atoms with Crippen LogP contribution in [0.15, 0.2) is 46.4 Å². The summed E-state index contributed by atoms with van der Waals surface area (Å²) >= 11 is 0. The molecule has 1 saturated heterocycles. The largest absolute Gasteiger partial charge is 0.428 e. The van der Waals surface area contributed by atoms with Crippen LogP contribution in [-0.2, 0) is 4.74 Å². The standard InChI is InChI=1S/C19H21N7O6/c20-19-21-16-13(17(30)22-19)25(8-24(16)18-15(29)14(28)12(7-27)32-18)23-10-5-6-26(31)11-4-2-1-3-9(10)11/h1-6,12,14-15,18,27-29,31H,7-8H2,(H3,20,21,22,30). The Hall–Kier alpha value is -3.65. The summed E-state index contributed by atoms with van der Waals surface area (Å²) in [6, 6.07) is 8.63. The number of anilines is 3. The maximum atomic E-state index is 12.7. The number of H-pyrrole nitrogens is 1. The minimum absolute atomic E-state index is 0.0518. The quantitative estimate of drug-likeness (QED) is 0.249. The average Bonchev–Trinajstić information content (AvgIpc) is 3.27. The fourth-order valence-electron chi connectivity index (χ4n) is 4.03. The lowest BCUT2D eigenvalue weighted by atomic mass is 10.1. The fourth-order valence-corrected chi connectivity index (χ4v) is 4.03. The number of pyridine rings is 1. The fraction of sp³-hybridized carbons (Fsp3) is 0.316. The molecule has 0 bridgehead atoms. The molecule has 13 heteroatoms. The van der Waals surface area contributed by atoms with Crippen molar-refractivity contribution in [3.05, 3.63) is 52.2 Å². The number of aliphatic hydroxyl groups is 3. The summed E-state index contributed by atoms with van der Waals surface area (Å²) in [6.45, 7) is -0.546. The number of nitrogen functional groups attached to an aromatic ring is 1. The van der Waals surface area contributed by atoms with Gasteiger partial charge in [0, 0.05) is 11.6 Å². The van der Waals surface area contributed by atoms with E-state index in [-0.39, 0.29) is 24.1 Å². The number of rotatable bonds is 3. The highest BCUT2D eigenvalue weighted by atomic mass is 16.6. The maximum absolute atomic E-state index is 12.7. The van der Waals surface area contributed by atoms with Gasteiger partial charge in [-0.2, -0.15) is 14.8 Å². The van der Waals surface area contributed by atoms with Crippen molar-refractivity contribution in [3.8, 4) is 0 Å². The van der Waals surface area contributed by atoms with Gasteiger partial charge in [0.15, 0.2) is 17.7 Å². The van der Waals surface area contributed by atoms with Crippen molar-refractivity contribution in [1.29, 1.82) is 0 Å². The molecule has 2 aliphatic rings. The van der Waals surface area contributed by atoms with Crippen molar-refractivity contribution < 1.29 is 25.3 Å². The number of aliphatic hydroxyl groups excluding tert-OH is 3. The Labute approximate surface area is 179 Å². The highest BCUT2D eigenvalue weighted by Crippen LogP contribution is 2.36. The van der Waals surface area contributed by atoms with Crippen molar-refractivity contribution in [2.45, 2.75) is 24.5 Å². The molecule has 4 heterocycles. The van der Waals surface area contributed by atoms with Crippen LogP contribution in [0.5, 0.6) is 0 Å². The molecule has 1 fully saturated rings. The Kier molecular flexibility index (Phi) is 4.74. The molecule has 7 N–H and O–H groups in total. The number of hydrogen-bond acceptors (Lipinski definition) is 11. The van der Waals surface area contributed by atoms with Gasteiger partial charge < -0.3 is 35.9 Å². The van der Waals surface area contributed by atoms with Crippen LogP contribution in [0.1, 0.15) is 0 Å². The first-order valence-corrected chi connectivity index (χ1v) is 9.79. The molecular formula is C19H21N7O6. The summed E-state index contributed by atoms with van der Waals surface area (Å²) in [7, 11) is 0. The van der Waals surface area contributed by atoms with Gasteiger partial charge in [0.25, 0.3) is 5.56 Å². The topological polar surface area (TPSA) is 186 Å². The number of benzene rings is 1. The van der Waals surface area contributed by atoms with Crippen LogP contribution < -0.4 is 26.6 Å². The van der Waals surface area contributed by atoms with Crippen LogP contribution in [0.25, 0.3) is 10.9 Å². The number of fused-ring (bicyclic) bond motifs is 2. The first-order valence-electron chi connectivity index (χ1n) is 9.79. The zero-order valence-corrected chi connectivity index (χ0v) is 16.6. The third kappa shape index (κ3) is 3.06. The lowest BCUT2D eigenvalue weighted by molar-refractivity contribution is -0.0222. The number of para-hydroxylation sites is 1. The van der Waals surface area contributed by atoms with Gasteiger partial charge in [0.05, 0.1) is 17.5 Å². The van der Waals surface area contributed by atoms with E-state index in [0.29, 0.717) is 16.3 Å². The monoisotopic (exact) mass is 443 g/mol. The lowest BCUT2D eigenvalue weighted by Crippen LogP contribution is -2.45. The molecule has 2 aliphatic heterocycles. The second-order valence-electron chi connectivity index (χ2n) is 7.53. The number of nitrogens with one attached hydrogen (secondary N) is 1. The van der Waals surface area contributed by atoms with E-state index in [4.69, 9.17) is 10.5 Å². The van der Waals surface area contributed by atoms with Crippen molar-refractivity contribution in [1.82, 2.24) is 14.7 Å². The molecule has 4 atom stereocenters. The zero-order valence-electron chi connectivity index (χ0n) is 16.6. The zero-order chi connectivity index (χ0) is 22.6. The van der Waals surface area contributed by atoms with E-state index in [9.17, 15) is 25.3 Å². The molecule has 2 aromatic heterocycles. The molecule has 0 spiro atoms. The number of aromatic nitrogens is 3. The van der Waals surface area contributed by atoms with E-state index in [1.807, 2.05) is 0 Å². The van der Waals surface area contributed by atoms with Crippen LogP contribution in [-0.4, -0.2) is 73.0 Å². The minimum atomic E-state index is -1.37. The Balaban J connectivity index is 1.63. The van der Waals surface area contributed by atoms with Crippen LogP contribution in [0.3, 0.4) is 0 Å². The Morgan fingerprint density at radius 3 is 2.78 bits per heavy atom. The van der Waals surface area contributed by atoms with Crippen LogP contribution >= 0.6 is 0 Å². The molecule has 0 aliphatic carbocycles. The third-order valence-corrected chi connectivity index (χ3v) is 5.56. The van der Waals surface area contributed by atoms with Gasteiger partial charge in [-0.3, -0.25) is 9.78 Å². The number of nitrogens with zero attached hydrogens (tertiary/aromatic N) is 5. The molecule has 4 unspecified atom stereocenters. The third-order valence-electron chi connectivity index (χ3n) is 5.56. The highest BCUT2D eigenvalue weighted by Gasteiger charge is 2.48. The van der Waals surface area contributed by atoms with Crippen LogP contribution in [0.4, 0.5) is 17.5 Å². The summed E-state index contributed by atoms with van der Waals surface area (Å²) in [5.74, 6) is -0.0267. The summed E-state index contributed by atoms with van der Waals surface area (Å²) in [5.41, 5.74) is 5.76. The van der Waals surface area contributed by atoms with Gasteiger partial charge in [-0.05, 0) is 12.1 Å². The normalized spacial score (nSPS) is 25.7. The molecule has 0 saturated carbocycles. The summed E-state index contributed by atoms with van der Waals surface area (Å²) in [4.78, 5) is 20.8. The van der Waals surface area contributed by atoms with Gasteiger partial charge in [0.2, 0.25) is 5.95 Å². The van der Waals surface area contributed by atoms with E-state index in [2.05, 4.69) is 15.1 Å². The lowest BCUT2D eigenvalue weighted by Gasteiger charge is -2.27. The predicted octanol–water partition coefficient (Wildman–Crippen LogP) is -1.92. The average molecular weight is 443 g/mol. The van der Waals surface area contributed by atoms with E-state index in [1.54, 1.807) is 30.3 Å². The molecule has 0 amide bonds. The minimum Gasteiger partial charge on any atom is -0.428 e. The first kappa shape index (κ1) is 20.3. The van der Waals surface area contributed by atoms with Crippen LogP contribution in [0.2, 0.25) is 0 Å². The Morgan fingerprint density at radius 1 is 1.25 bits per heavy atom. The molecule has 5 rings (SSSR count). The Morgan fingerprint density at radius 2 is 2.03 bits per heavy atom. The smallest absolute Gasteiger partial charge is 0.280 e. The number of aromatic amines is 1. The number of hydrogen-bond donors (Lipinski definition) is 6. The van der Waals surface area contributed by atoms with Gasteiger partial charge >= 0.3 is 0 Å². The molecule has 1 aromatic carbocycles. The van der Waals surface area contributed by atoms with Crippen LogP contribution in [0, 0.1) is 0 Å². The van der Waals surface area contributed by atoms with E-state index >= 15 is 0 Å². The highest BCUT2D eigenvalue weighted by molar-refractivity contribution is 5.78. The van der Waals surface area contributed by atoms with Crippen molar-refractivity contribution >= 4 is 28.4 Å². The van der Waals surface area contributed by atoms with Crippen molar-refractivity contribution in [2.75, 3.05) is 28.9 Å². The number of nitrogens with two attached hydrogens (primary N) is 1. The van der Waals surface area contributed by atoms with E-state index in [1.165, 1.54) is 16.1 Å². The summed E-state index contributed by atoms with van der Waals surface area (Å²) in [5, 5.41) is 47.2. The van der Waals surface area contributed by atoms with Crippen molar-refractivity contribution in [2.24, 2.45) is 5.10 Å². The second kappa shape index (κ2) is 7.49. The summed E-state index contributed by atoms with van der Waals surface area (Å²) in [6.07, 6.45) is -3.36. The molecule has 168 valence electrons. The predicted molar refractivity (Wildman–Crippen MR) is 112 cm³/mol. The van der Waals surface area contributed by atoms with E-state index in [0.717, 1.165) is 4.73 Å². The van der Waals surface area contributed by atoms with Gasteiger partial charge in [-0.1, -0.05) is 18.2 Å². The van der Waals surface area contributed by atoms with Gasteiger partial charge in [-0.25, -0.2) is 5.01 Å². The van der Waals surface area contributed by atoms with Gasteiger partial charge in [-0.15, -0.1) is 0 Å². The number of ether oxygens (including phenoxy) is 1. The van der Waals surface area contributed by atoms with Crippen molar-refractivity contribution in [3.63, 3.8) is 0 Å². The molecular weight excluding hydrogens is 422 g/mol. The molecule has 32 heavy (non-hydrogen) atoms. The maximum Gasteiger partial charge on any atom is 0.280 e. The van der Waals surface area contributed by atoms with E-state index < -0.39 is 36.7 Å². The molecule has 13 nitrogen and oxygen atoms in total. The molecule has 3 aromatic rings. The molecule has 0 radical (unpaired) electrons. The van der Waals surface area contributed by atoms with Gasteiger partial charge in [0.1, 0.15) is 25.0 Å². The Bertz CT molecular complexity index is 1310.